The largest absolute Gasteiger partial charge is 0.460 e. The minimum Gasteiger partial charge on any atom is -0.460 e. The second-order valence-corrected chi connectivity index (χ2v) is 1.82. The molecule has 0 atom stereocenters. The van der Waals surface area contributed by atoms with Gasteiger partial charge in [0.1, 0.15) is 0 Å². The van der Waals surface area contributed by atoms with Crippen LogP contribution in [0, 0.1) is 0 Å². The topological polar surface area (TPSA) is 26.3 Å². The molecule has 0 aliphatic rings. The third kappa shape index (κ3) is 5.47. The zero-order valence-electron chi connectivity index (χ0n) is 5.77. The number of hydrogen-bond donors (Lipinski definition) is 0. The molecule has 0 fully saturated rings. The number of halogens is 2. The molecule has 0 amide bonds. The Morgan fingerprint density at radius 3 is 2.60 bits per heavy atom. The van der Waals surface area contributed by atoms with E-state index in [4.69, 9.17) is 0 Å². The molecule has 0 aliphatic carbocycles. The molecule has 0 heterocycles. The van der Waals surface area contributed by atoms with Crippen molar-refractivity contribution in [2.75, 3.05) is 6.61 Å². The number of esters is 1. The molecule has 0 aromatic heterocycles. The molecule has 0 unspecified atom stereocenters. The van der Waals surface area contributed by atoms with Crippen LogP contribution in [0.15, 0.2) is 0 Å². The second-order valence-electron chi connectivity index (χ2n) is 1.82. The van der Waals surface area contributed by atoms with E-state index in [1.54, 1.807) is 6.92 Å². The lowest BCUT2D eigenvalue weighted by molar-refractivity contribution is -0.147. The first-order valence-electron chi connectivity index (χ1n) is 3.10. The Hall–Kier alpha value is -0.670. The Bertz CT molecular complexity index is 104. The standard InChI is InChI=1S/C6H10F2O2/c1-2-3-6(9)10-4-5(7)8/h5H,2-4H2,1H3. The fraction of sp³-hybridized carbons (Fsp3) is 0.833. The number of carbonyl (C=O) groups excluding carboxylic acids is 1. The molecule has 0 N–H and O–H groups in total. The fourth-order valence-corrected chi connectivity index (χ4v) is 0.432. The Labute approximate surface area is 58.2 Å². The van der Waals surface area contributed by atoms with Crippen LogP contribution >= 0.6 is 0 Å². The summed E-state index contributed by atoms with van der Waals surface area (Å²) in [5.74, 6) is -0.553. The monoisotopic (exact) mass is 152 g/mol. The molecule has 0 spiro atoms. The Balaban J connectivity index is 3.22. The van der Waals surface area contributed by atoms with Crippen LogP contribution in [0.3, 0.4) is 0 Å². The molecular weight excluding hydrogens is 142 g/mol. The lowest BCUT2D eigenvalue weighted by atomic mass is 10.3. The summed E-state index contributed by atoms with van der Waals surface area (Å²) in [6.45, 7) is 1.00. The molecule has 0 aliphatic heterocycles. The van der Waals surface area contributed by atoms with Crippen LogP contribution in [0.2, 0.25) is 0 Å². The molecule has 10 heavy (non-hydrogen) atoms. The van der Waals surface area contributed by atoms with E-state index in [1.165, 1.54) is 0 Å². The van der Waals surface area contributed by atoms with Crippen LogP contribution in [-0.2, 0) is 9.53 Å². The lowest BCUT2D eigenvalue weighted by Gasteiger charge is -2.00. The first-order valence-corrected chi connectivity index (χ1v) is 3.10. The highest BCUT2D eigenvalue weighted by Gasteiger charge is 2.06. The minimum atomic E-state index is -2.55. The van der Waals surface area contributed by atoms with Crippen LogP contribution in [0.4, 0.5) is 8.78 Å². The Kier molecular flexibility index (Phi) is 4.80. The van der Waals surface area contributed by atoms with Gasteiger partial charge in [-0.05, 0) is 6.42 Å². The van der Waals surface area contributed by atoms with Gasteiger partial charge in [0.15, 0.2) is 6.61 Å². The minimum absolute atomic E-state index is 0.215. The van der Waals surface area contributed by atoms with Crippen molar-refractivity contribution in [3.8, 4) is 0 Å². The van der Waals surface area contributed by atoms with Crippen molar-refractivity contribution in [1.82, 2.24) is 0 Å². The highest BCUT2D eigenvalue weighted by molar-refractivity contribution is 5.69. The van der Waals surface area contributed by atoms with Crippen molar-refractivity contribution in [3.05, 3.63) is 0 Å². The van der Waals surface area contributed by atoms with Crippen molar-refractivity contribution in [3.63, 3.8) is 0 Å². The van der Waals surface area contributed by atoms with Gasteiger partial charge in [-0.2, -0.15) is 0 Å². The average molecular weight is 152 g/mol. The highest BCUT2D eigenvalue weighted by atomic mass is 19.3. The zero-order chi connectivity index (χ0) is 7.98. The average Bonchev–Trinajstić information content (AvgIpc) is 1.85. The van der Waals surface area contributed by atoms with Gasteiger partial charge in [0.2, 0.25) is 0 Å². The quantitative estimate of drug-likeness (QED) is 0.572. The first-order chi connectivity index (χ1) is 4.66. The van der Waals surface area contributed by atoms with Crippen molar-refractivity contribution < 1.29 is 18.3 Å². The SMILES string of the molecule is CCCC(=O)OCC(F)F. The van der Waals surface area contributed by atoms with E-state index < -0.39 is 19.0 Å². The molecule has 0 aromatic carbocycles. The van der Waals surface area contributed by atoms with E-state index in [1.807, 2.05) is 0 Å². The van der Waals surface area contributed by atoms with Gasteiger partial charge in [-0.15, -0.1) is 0 Å². The number of carbonyl (C=O) groups is 1. The van der Waals surface area contributed by atoms with Gasteiger partial charge < -0.3 is 4.74 Å². The molecule has 0 aromatic rings. The van der Waals surface area contributed by atoms with Crippen molar-refractivity contribution in [1.29, 1.82) is 0 Å². The third-order valence-corrected chi connectivity index (χ3v) is 0.824. The van der Waals surface area contributed by atoms with Crippen molar-refractivity contribution in [2.24, 2.45) is 0 Å². The van der Waals surface area contributed by atoms with E-state index in [9.17, 15) is 13.6 Å². The summed E-state index contributed by atoms with van der Waals surface area (Å²) in [5, 5.41) is 0. The number of alkyl halides is 2. The summed E-state index contributed by atoms with van der Waals surface area (Å²) in [5.41, 5.74) is 0. The van der Waals surface area contributed by atoms with Crippen molar-refractivity contribution >= 4 is 5.97 Å². The highest BCUT2D eigenvalue weighted by Crippen LogP contribution is 1.96. The molecule has 2 nitrogen and oxygen atoms in total. The molecule has 0 radical (unpaired) electrons. The van der Waals surface area contributed by atoms with E-state index >= 15 is 0 Å². The van der Waals surface area contributed by atoms with Crippen molar-refractivity contribution in [2.45, 2.75) is 26.2 Å². The summed E-state index contributed by atoms with van der Waals surface area (Å²) >= 11 is 0. The number of hydrogen-bond acceptors (Lipinski definition) is 2. The van der Waals surface area contributed by atoms with Gasteiger partial charge in [0.25, 0.3) is 6.43 Å². The summed E-state index contributed by atoms with van der Waals surface area (Å²) in [7, 11) is 0. The normalized spacial score (nSPS) is 10.0. The van der Waals surface area contributed by atoms with Crippen LogP contribution in [0.1, 0.15) is 19.8 Å². The van der Waals surface area contributed by atoms with E-state index in [0.717, 1.165) is 0 Å². The van der Waals surface area contributed by atoms with Gasteiger partial charge in [0.05, 0.1) is 0 Å². The summed E-state index contributed by atoms with van der Waals surface area (Å²) in [6.07, 6.45) is -1.71. The van der Waals surface area contributed by atoms with Crippen LogP contribution in [0.5, 0.6) is 0 Å². The van der Waals surface area contributed by atoms with Crippen LogP contribution in [0.25, 0.3) is 0 Å². The molecule has 4 heteroatoms. The fourth-order valence-electron chi connectivity index (χ4n) is 0.432. The summed E-state index contributed by atoms with van der Waals surface area (Å²) in [4.78, 5) is 10.4. The number of ether oxygens (including phenoxy) is 1. The van der Waals surface area contributed by atoms with E-state index in [2.05, 4.69) is 4.74 Å². The predicted octanol–water partition coefficient (Wildman–Crippen LogP) is 1.59. The van der Waals surface area contributed by atoms with Gasteiger partial charge in [-0.25, -0.2) is 8.78 Å². The van der Waals surface area contributed by atoms with Gasteiger partial charge >= 0.3 is 5.97 Å². The molecule has 0 rings (SSSR count). The van der Waals surface area contributed by atoms with Gasteiger partial charge in [-0.3, -0.25) is 4.79 Å². The molecule has 0 bridgehead atoms. The third-order valence-electron chi connectivity index (χ3n) is 0.824. The molecule has 0 saturated carbocycles. The maximum absolute atomic E-state index is 11.4. The predicted molar refractivity (Wildman–Crippen MR) is 31.9 cm³/mol. The molecule has 60 valence electrons. The molecular formula is C6H10F2O2. The first kappa shape index (κ1) is 9.33. The van der Waals surface area contributed by atoms with Gasteiger partial charge in [-0.1, -0.05) is 6.92 Å². The Morgan fingerprint density at radius 2 is 2.20 bits per heavy atom. The van der Waals surface area contributed by atoms with Crippen LogP contribution < -0.4 is 0 Å². The summed E-state index contributed by atoms with van der Waals surface area (Å²) in [6, 6.07) is 0. The van der Waals surface area contributed by atoms with Crippen LogP contribution in [-0.4, -0.2) is 19.0 Å². The Morgan fingerprint density at radius 1 is 1.60 bits per heavy atom. The zero-order valence-corrected chi connectivity index (χ0v) is 5.77. The maximum Gasteiger partial charge on any atom is 0.305 e. The van der Waals surface area contributed by atoms with E-state index in [0.29, 0.717) is 6.42 Å². The maximum atomic E-state index is 11.4. The summed E-state index contributed by atoms with van der Waals surface area (Å²) < 4.78 is 26.9. The lowest BCUT2D eigenvalue weighted by Crippen LogP contribution is -2.10. The number of rotatable bonds is 4. The molecule has 0 saturated heterocycles. The van der Waals surface area contributed by atoms with E-state index in [-0.39, 0.29) is 6.42 Å². The van der Waals surface area contributed by atoms with Gasteiger partial charge in [0, 0.05) is 6.42 Å². The second kappa shape index (κ2) is 5.14. The smallest absolute Gasteiger partial charge is 0.305 e.